The number of alkyl carbamates (subject to hydrolysis) is 1. The molecule has 6 heteroatoms. The summed E-state index contributed by atoms with van der Waals surface area (Å²) >= 11 is 0. The fourth-order valence-corrected chi connectivity index (χ4v) is 2.61. The predicted molar refractivity (Wildman–Crippen MR) is 80.1 cm³/mol. The number of amides is 1. The van der Waals surface area contributed by atoms with Gasteiger partial charge in [0.15, 0.2) is 4.98 Å². The lowest BCUT2D eigenvalue weighted by atomic mass is 9.84. The Morgan fingerprint density at radius 3 is 2.57 bits per heavy atom. The van der Waals surface area contributed by atoms with Crippen molar-refractivity contribution in [1.82, 2.24) is 5.32 Å². The van der Waals surface area contributed by atoms with Gasteiger partial charge in [0.05, 0.1) is 6.04 Å². The zero-order chi connectivity index (χ0) is 15.9. The van der Waals surface area contributed by atoms with Crippen LogP contribution in [-0.2, 0) is 4.74 Å². The number of carbonyl (C=O) groups excluding carboxylic acids is 1. The molecule has 118 valence electrons. The molecular weight excluding hydrogens is 270 g/mol. The van der Waals surface area contributed by atoms with E-state index in [-0.39, 0.29) is 5.76 Å². The summed E-state index contributed by atoms with van der Waals surface area (Å²) in [5.74, 6) is 0.293. The first-order valence-corrected chi connectivity index (χ1v) is 7.54. The number of aliphatic hydroxyl groups excluding tert-OH is 1. The fourth-order valence-electron chi connectivity index (χ4n) is 2.61. The summed E-state index contributed by atoms with van der Waals surface area (Å²) in [7, 11) is 0. The molecule has 1 aliphatic rings. The normalized spacial score (nSPS) is 18.7. The van der Waals surface area contributed by atoms with Crippen molar-refractivity contribution < 1.29 is 14.6 Å². The molecule has 1 saturated carbocycles. The number of aliphatic hydroxyl groups is 1. The molecule has 0 spiro atoms. The van der Waals surface area contributed by atoms with Crippen molar-refractivity contribution in [3.63, 3.8) is 0 Å². The molecule has 1 amide bonds. The van der Waals surface area contributed by atoms with Crippen LogP contribution >= 0.6 is 0 Å². The maximum absolute atomic E-state index is 11.9. The van der Waals surface area contributed by atoms with Gasteiger partial charge in [0.1, 0.15) is 5.60 Å². The lowest BCUT2D eigenvalue weighted by Gasteiger charge is -2.27. The molecule has 0 aromatic carbocycles. The summed E-state index contributed by atoms with van der Waals surface area (Å²) < 4.78 is 5.20. The number of diazo groups is 1. The van der Waals surface area contributed by atoms with Gasteiger partial charge in [-0.25, -0.2) is 4.79 Å². The number of ether oxygens (including phenoxy) is 1. The van der Waals surface area contributed by atoms with Crippen molar-refractivity contribution in [3.05, 3.63) is 16.9 Å². The van der Waals surface area contributed by atoms with E-state index in [9.17, 15) is 9.90 Å². The predicted octanol–water partition coefficient (Wildman–Crippen LogP) is 4.10. The van der Waals surface area contributed by atoms with E-state index in [1.165, 1.54) is 19.3 Å². The first kappa shape index (κ1) is 17.3. The van der Waals surface area contributed by atoms with Gasteiger partial charge in [-0.05, 0) is 33.1 Å². The summed E-state index contributed by atoms with van der Waals surface area (Å²) in [6, 6.07) is -0.584. The van der Waals surface area contributed by atoms with Crippen LogP contribution in [0.1, 0.15) is 59.3 Å². The molecule has 0 aromatic heterocycles. The van der Waals surface area contributed by atoms with Gasteiger partial charge >= 0.3 is 12.3 Å². The van der Waals surface area contributed by atoms with Crippen LogP contribution in [0.5, 0.6) is 0 Å². The van der Waals surface area contributed by atoms with Crippen molar-refractivity contribution in [3.8, 4) is 0 Å². The Hall–Kier alpha value is -1.77. The summed E-state index contributed by atoms with van der Waals surface area (Å²) in [4.78, 5) is 14.7. The monoisotopic (exact) mass is 296 g/mol. The number of hydrogen-bond acceptors (Lipinski definition) is 4. The van der Waals surface area contributed by atoms with Gasteiger partial charge in [-0.1, -0.05) is 32.1 Å². The van der Waals surface area contributed by atoms with Crippen molar-refractivity contribution >= 4 is 6.09 Å². The smallest absolute Gasteiger partial charge is 0.408 e. The molecule has 0 aromatic rings. The molecule has 0 saturated heterocycles. The Morgan fingerprint density at radius 1 is 1.43 bits per heavy atom. The Morgan fingerprint density at radius 2 is 2.05 bits per heavy atom. The summed E-state index contributed by atoms with van der Waals surface area (Å²) in [5, 5.41) is 21.1. The van der Waals surface area contributed by atoms with Crippen molar-refractivity contribution in [2.45, 2.75) is 70.9 Å². The average Bonchev–Trinajstić information content (AvgIpc) is 2.37. The third-order valence-corrected chi connectivity index (χ3v) is 3.53. The molecular formula is C15H26N3O3+. The van der Waals surface area contributed by atoms with E-state index in [4.69, 9.17) is 10.1 Å². The first-order chi connectivity index (χ1) is 9.81. The minimum absolute atomic E-state index is 0.158. The molecule has 0 unspecified atom stereocenters. The molecule has 21 heavy (non-hydrogen) atoms. The third kappa shape index (κ3) is 6.98. The van der Waals surface area contributed by atoms with Crippen LogP contribution < -0.4 is 5.32 Å². The zero-order valence-corrected chi connectivity index (χ0v) is 13.1. The summed E-state index contributed by atoms with van der Waals surface area (Å²) in [6.07, 6.45) is 6.78. The molecule has 1 aliphatic carbocycles. The zero-order valence-electron chi connectivity index (χ0n) is 13.1. The topological polar surface area (TPSA) is 86.7 Å². The molecule has 0 heterocycles. The number of nitrogens with one attached hydrogen (secondary N) is 1. The van der Waals surface area contributed by atoms with Gasteiger partial charge in [-0.15, -0.1) is 0 Å². The summed E-state index contributed by atoms with van der Waals surface area (Å²) in [5.41, 5.74) is -0.597. The number of carbonyl (C=O) groups is 1. The maximum atomic E-state index is 11.9. The van der Waals surface area contributed by atoms with Crippen molar-refractivity contribution in [1.29, 1.82) is 5.39 Å². The maximum Gasteiger partial charge on any atom is 0.408 e. The second kappa shape index (κ2) is 7.87. The van der Waals surface area contributed by atoms with Gasteiger partial charge in [0, 0.05) is 0 Å². The van der Waals surface area contributed by atoms with E-state index >= 15 is 0 Å². The fraction of sp³-hybridized carbons (Fsp3) is 0.800. The standard InChI is InChI=1S/C15H25N3O3/c1-15(2,3)21-14(20)18-12(13(19)10-17-16)9-11-7-5-4-6-8-11/h10-12H,4-9H2,1-3H3,(H-,18,19,20)/p+1/b13-10+/t12-/m0/s1. The molecule has 6 nitrogen and oxygen atoms in total. The Balaban J connectivity index is 2.66. The Bertz CT molecular complexity index is 415. The lowest BCUT2D eigenvalue weighted by molar-refractivity contribution is 0.0492. The van der Waals surface area contributed by atoms with E-state index in [2.05, 4.69) is 10.3 Å². The van der Waals surface area contributed by atoms with Gasteiger partial charge < -0.3 is 15.2 Å². The highest BCUT2D eigenvalue weighted by atomic mass is 16.6. The molecule has 1 fully saturated rings. The molecule has 1 atom stereocenters. The first-order valence-electron chi connectivity index (χ1n) is 7.54. The average molecular weight is 296 g/mol. The SMILES string of the molecule is CC(C)(C)OC(=O)N[C@@H](CC1CCCCC1)/C(O)=C\[N+]#N. The Labute approximate surface area is 126 Å². The molecule has 1 rings (SSSR count). The largest absolute Gasteiger partial charge is 0.504 e. The molecule has 0 aliphatic heterocycles. The number of hydrogen-bond donors (Lipinski definition) is 2. The van der Waals surface area contributed by atoms with Crippen LogP contribution in [0.3, 0.4) is 0 Å². The van der Waals surface area contributed by atoms with Gasteiger partial charge in [0.2, 0.25) is 11.2 Å². The Kier molecular flexibility index (Phi) is 6.47. The van der Waals surface area contributed by atoms with Crippen LogP contribution in [0.25, 0.3) is 4.98 Å². The number of rotatable bonds is 4. The van der Waals surface area contributed by atoms with Crippen LogP contribution in [0.4, 0.5) is 4.79 Å². The molecule has 0 radical (unpaired) electrons. The number of nitrogens with zero attached hydrogens (tertiary/aromatic N) is 2. The van der Waals surface area contributed by atoms with Crippen LogP contribution in [0, 0.1) is 11.3 Å². The minimum Gasteiger partial charge on any atom is -0.504 e. The van der Waals surface area contributed by atoms with Gasteiger partial charge in [-0.2, -0.15) is 0 Å². The van der Waals surface area contributed by atoms with Crippen molar-refractivity contribution in [2.75, 3.05) is 0 Å². The van der Waals surface area contributed by atoms with E-state index in [1.807, 2.05) is 0 Å². The van der Waals surface area contributed by atoms with Gasteiger partial charge in [-0.3, -0.25) is 0 Å². The minimum atomic E-state index is -0.597. The van der Waals surface area contributed by atoms with Crippen LogP contribution in [0.2, 0.25) is 0 Å². The quantitative estimate of drug-likeness (QED) is 0.604. The molecule has 2 N–H and O–H groups in total. The second-order valence-corrected chi connectivity index (χ2v) is 6.61. The van der Waals surface area contributed by atoms with E-state index in [1.54, 1.807) is 20.8 Å². The highest BCUT2D eigenvalue weighted by molar-refractivity contribution is 5.68. The molecule has 0 bridgehead atoms. The van der Waals surface area contributed by atoms with E-state index < -0.39 is 17.7 Å². The van der Waals surface area contributed by atoms with Crippen molar-refractivity contribution in [2.24, 2.45) is 5.92 Å². The second-order valence-electron chi connectivity index (χ2n) is 6.61. The van der Waals surface area contributed by atoms with E-state index in [0.717, 1.165) is 19.0 Å². The third-order valence-electron chi connectivity index (χ3n) is 3.53. The van der Waals surface area contributed by atoms with Crippen LogP contribution in [0.15, 0.2) is 12.0 Å². The van der Waals surface area contributed by atoms with Crippen LogP contribution in [-0.4, -0.2) is 22.8 Å². The lowest BCUT2D eigenvalue weighted by Crippen LogP contribution is -2.41. The highest BCUT2D eigenvalue weighted by Crippen LogP contribution is 2.28. The summed E-state index contributed by atoms with van der Waals surface area (Å²) in [6.45, 7) is 5.34. The highest BCUT2D eigenvalue weighted by Gasteiger charge is 2.27. The van der Waals surface area contributed by atoms with E-state index in [0.29, 0.717) is 12.3 Å². The van der Waals surface area contributed by atoms with Gasteiger partial charge in [0.25, 0.3) is 0 Å².